The van der Waals surface area contributed by atoms with Crippen molar-refractivity contribution in [1.82, 2.24) is 0 Å². The Bertz CT molecular complexity index is 707. The molecule has 0 aromatic heterocycles. The van der Waals surface area contributed by atoms with Gasteiger partial charge in [-0.2, -0.15) is 0 Å². The second-order valence-corrected chi connectivity index (χ2v) is 7.49. The first-order valence-electron chi connectivity index (χ1n) is 10.2. The Labute approximate surface area is 168 Å². The summed E-state index contributed by atoms with van der Waals surface area (Å²) in [7, 11) is 0. The van der Waals surface area contributed by atoms with Gasteiger partial charge in [-0.1, -0.05) is 87.9 Å². The number of esters is 1. The number of hydrogen-bond acceptors (Lipinski definition) is 2. The van der Waals surface area contributed by atoms with Crippen molar-refractivity contribution in [2.24, 2.45) is 0 Å². The molecule has 0 aliphatic heterocycles. The highest BCUT2D eigenvalue weighted by Crippen LogP contribution is 2.31. The normalized spacial score (nSPS) is 10.8. The quantitative estimate of drug-likeness (QED) is 0.225. The van der Waals surface area contributed by atoms with E-state index >= 15 is 0 Å². The van der Waals surface area contributed by atoms with Gasteiger partial charge < -0.3 is 4.74 Å². The van der Waals surface area contributed by atoms with E-state index in [-0.39, 0.29) is 5.97 Å². The van der Waals surface area contributed by atoms with E-state index in [1.807, 2.05) is 19.1 Å². The van der Waals surface area contributed by atoms with Gasteiger partial charge in [0.25, 0.3) is 0 Å². The summed E-state index contributed by atoms with van der Waals surface area (Å²) in [6, 6.07) is 14.3. The number of unbranched alkanes of at least 4 members (excludes halogenated alkanes) is 5. The summed E-state index contributed by atoms with van der Waals surface area (Å²) in [5.74, 6) is 0.208. The first kappa shape index (κ1) is 21.5. The summed E-state index contributed by atoms with van der Waals surface area (Å²) < 4.78 is 5.36. The van der Waals surface area contributed by atoms with Crippen molar-refractivity contribution in [2.75, 3.05) is 0 Å². The predicted molar refractivity (Wildman–Crippen MR) is 115 cm³/mol. The van der Waals surface area contributed by atoms with Crippen LogP contribution < -0.4 is 4.74 Å². The zero-order valence-electron chi connectivity index (χ0n) is 16.6. The summed E-state index contributed by atoms with van der Waals surface area (Å²) in [5, 5.41) is 0.470. The molecule has 0 saturated heterocycles. The molecule has 27 heavy (non-hydrogen) atoms. The average molecular weight is 387 g/mol. The van der Waals surface area contributed by atoms with E-state index in [1.165, 1.54) is 37.7 Å². The van der Waals surface area contributed by atoms with Gasteiger partial charge >= 0.3 is 5.97 Å². The molecule has 0 N–H and O–H groups in total. The number of rotatable bonds is 11. The summed E-state index contributed by atoms with van der Waals surface area (Å²) in [4.78, 5) is 11.8. The number of aryl methyl sites for hydroxylation is 1. The zero-order chi connectivity index (χ0) is 19.5. The molecule has 0 aliphatic carbocycles. The average Bonchev–Trinajstić information content (AvgIpc) is 2.68. The van der Waals surface area contributed by atoms with E-state index in [2.05, 4.69) is 31.2 Å². The number of benzene rings is 2. The molecule has 0 radical (unpaired) electrons. The van der Waals surface area contributed by atoms with Crippen LogP contribution in [0.5, 0.6) is 5.75 Å². The van der Waals surface area contributed by atoms with Gasteiger partial charge in [-0.3, -0.25) is 4.79 Å². The van der Waals surface area contributed by atoms with Crippen molar-refractivity contribution in [1.29, 1.82) is 0 Å². The van der Waals surface area contributed by atoms with Crippen molar-refractivity contribution < 1.29 is 9.53 Å². The Balaban J connectivity index is 1.93. The van der Waals surface area contributed by atoms with Crippen LogP contribution in [0, 0.1) is 0 Å². The van der Waals surface area contributed by atoms with Gasteiger partial charge in [0.05, 0.1) is 5.02 Å². The highest BCUT2D eigenvalue weighted by atomic mass is 35.5. The molecule has 2 nitrogen and oxygen atoms in total. The molecule has 0 atom stereocenters. The number of carbonyl (C=O) groups excluding carboxylic acids is 1. The Kier molecular flexibility index (Phi) is 9.41. The SMILES string of the molecule is CCCCCCCc1ccc(-c2ccc(OC(=O)CCCC)c(Cl)c2)cc1. The molecular formula is C24H31ClO2. The van der Waals surface area contributed by atoms with Crippen molar-refractivity contribution in [3.05, 3.63) is 53.1 Å². The second kappa shape index (κ2) is 11.8. The Morgan fingerprint density at radius 1 is 0.852 bits per heavy atom. The van der Waals surface area contributed by atoms with E-state index in [1.54, 1.807) is 6.07 Å². The van der Waals surface area contributed by atoms with Gasteiger partial charge in [0.2, 0.25) is 0 Å². The molecule has 146 valence electrons. The van der Waals surface area contributed by atoms with Crippen LogP contribution >= 0.6 is 11.6 Å². The summed E-state index contributed by atoms with van der Waals surface area (Å²) in [6.07, 6.45) is 9.88. The van der Waals surface area contributed by atoms with E-state index in [0.29, 0.717) is 17.2 Å². The van der Waals surface area contributed by atoms with Crippen LogP contribution in [0.2, 0.25) is 5.02 Å². The van der Waals surface area contributed by atoms with Gasteiger partial charge in [-0.25, -0.2) is 0 Å². The minimum atomic E-state index is -0.227. The van der Waals surface area contributed by atoms with Crippen LogP contribution in [0.1, 0.15) is 70.8 Å². The van der Waals surface area contributed by atoms with E-state index in [0.717, 1.165) is 30.4 Å². The third-order valence-electron chi connectivity index (χ3n) is 4.75. The zero-order valence-corrected chi connectivity index (χ0v) is 17.4. The summed E-state index contributed by atoms with van der Waals surface area (Å²) >= 11 is 6.32. The lowest BCUT2D eigenvalue weighted by Gasteiger charge is -2.09. The standard InChI is InChI=1S/C24H31ClO2/c1-3-5-7-8-9-10-19-12-14-20(15-13-19)21-16-17-23(22(25)18-21)27-24(26)11-6-4-2/h12-18H,3-11H2,1-2H3. The highest BCUT2D eigenvalue weighted by molar-refractivity contribution is 6.32. The molecule has 3 heteroatoms. The smallest absolute Gasteiger partial charge is 0.311 e. The van der Waals surface area contributed by atoms with Crippen molar-refractivity contribution in [3.63, 3.8) is 0 Å². The van der Waals surface area contributed by atoms with Crippen LogP contribution in [0.25, 0.3) is 11.1 Å². The minimum absolute atomic E-state index is 0.227. The fourth-order valence-corrected chi connectivity index (χ4v) is 3.27. The minimum Gasteiger partial charge on any atom is -0.425 e. The van der Waals surface area contributed by atoms with Gasteiger partial charge in [-0.15, -0.1) is 0 Å². The molecule has 0 aliphatic rings. The molecule has 0 heterocycles. The number of carbonyl (C=O) groups is 1. The van der Waals surface area contributed by atoms with Gasteiger partial charge in [0.15, 0.2) is 0 Å². The first-order chi connectivity index (χ1) is 13.1. The Morgan fingerprint density at radius 2 is 1.52 bits per heavy atom. The summed E-state index contributed by atoms with van der Waals surface area (Å²) in [5.41, 5.74) is 3.53. The fraction of sp³-hybridized carbons (Fsp3) is 0.458. The van der Waals surface area contributed by atoms with Gasteiger partial charge in [0, 0.05) is 6.42 Å². The number of ether oxygens (including phenoxy) is 1. The largest absolute Gasteiger partial charge is 0.425 e. The third kappa shape index (κ3) is 7.38. The molecule has 0 unspecified atom stereocenters. The topological polar surface area (TPSA) is 26.3 Å². The fourth-order valence-electron chi connectivity index (χ4n) is 3.05. The molecular weight excluding hydrogens is 356 g/mol. The van der Waals surface area contributed by atoms with Crippen LogP contribution in [0.15, 0.2) is 42.5 Å². The molecule has 0 saturated carbocycles. The summed E-state index contributed by atoms with van der Waals surface area (Å²) in [6.45, 7) is 4.29. The van der Waals surface area contributed by atoms with Crippen molar-refractivity contribution in [3.8, 4) is 16.9 Å². The molecule has 0 amide bonds. The second-order valence-electron chi connectivity index (χ2n) is 7.08. The lowest BCUT2D eigenvalue weighted by Crippen LogP contribution is -2.07. The predicted octanol–water partition coefficient (Wildman–Crippen LogP) is 7.62. The maximum atomic E-state index is 11.8. The number of hydrogen-bond donors (Lipinski definition) is 0. The first-order valence-corrected chi connectivity index (χ1v) is 10.6. The van der Waals surface area contributed by atoms with Crippen molar-refractivity contribution >= 4 is 17.6 Å². The van der Waals surface area contributed by atoms with E-state index in [9.17, 15) is 4.79 Å². The van der Waals surface area contributed by atoms with Crippen LogP contribution in [-0.4, -0.2) is 5.97 Å². The monoisotopic (exact) mass is 386 g/mol. The molecule has 2 rings (SSSR count). The third-order valence-corrected chi connectivity index (χ3v) is 5.04. The van der Waals surface area contributed by atoms with Gasteiger partial charge in [0.1, 0.15) is 5.75 Å². The molecule has 2 aromatic carbocycles. The lowest BCUT2D eigenvalue weighted by molar-refractivity contribution is -0.134. The maximum absolute atomic E-state index is 11.8. The van der Waals surface area contributed by atoms with Crippen LogP contribution in [0.4, 0.5) is 0 Å². The van der Waals surface area contributed by atoms with Crippen molar-refractivity contribution in [2.45, 2.75) is 71.6 Å². The maximum Gasteiger partial charge on any atom is 0.311 e. The van der Waals surface area contributed by atoms with Gasteiger partial charge in [-0.05, 0) is 48.1 Å². The highest BCUT2D eigenvalue weighted by Gasteiger charge is 2.09. The van der Waals surface area contributed by atoms with Crippen LogP contribution in [-0.2, 0) is 11.2 Å². The molecule has 0 fully saturated rings. The molecule has 0 spiro atoms. The Morgan fingerprint density at radius 3 is 2.19 bits per heavy atom. The molecule has 2 aromatic rings. The lowest BCUT2D eigenvalue weighted by atomic mass is 10.0. The van der Waals surface area contributed by atoms with E-state index < -0.39 is 0 Å². The Hall–Kier alpha value is -1.80. The van der Waals surface area contributed by atoms with E-state index in [4.69, 9.17) is 16.3 Å². The van der Waals surface area contributed by atoms with Crippen LogP contribution in [0.3, 0.4) is 0 Å². The number of halogens is 1. The molecule has 0 bridgehead atoms.